The Kier molecular flexibility index (Phi) is 12.1. The van der Waals surface area contributed by atoms with E-state index in [2.05, 4.69) is 24.9 Å². The van der Waals surface area contributed by atoms with E-state index in [-0.39, 0.29) is 38.8 Å². The van der Waals surface area contributed by atoms with Crippen molar-refractivity contribution in [3.8, 4) is 0 Å². The zero-order valence-corrected chi connectivity index (χ0v) is 8.40. The standard InChI is InChI=1S/C6H12N2.Y/c1-3-6(7)5-8-4-2;/h6,8H,1-2,4-5,7H2;/q-2;/t6-;/m1./s1. The number of rotatable bonds is 4. The molecule has 3 heteroatoms. The molecule has 3 N–H and O–H groups in total. The van der Waals surface area contributed by atoms with Crippen molar-refractivity contribution in [1.82, 2.24) is 5.32 Å². The molecule has 0 rings (SSSR count). The molecule has 0 unspecified atom stereocenters. The van der Waals surface area contributed by atoms with Gasteiger partial charge >= 0.3 is 0 Å². The van der Waals surface area contributed by atoms with Gasteiger partial charge in [-0.2, -0.15) is 0 Å². The maximum atomic E-state index is 5.40. The molecule has 0 heterocycles. The molecule has 51 valence electrons. The van der Waals surface area contributed by atoms with Gasteiger partial charge in [-0.3, -0.25) is 6.58 Å². The van der Waals surface area contributed by atoms with Gasteiger partial charge in [-0.15, -0.1) is 12.6 Å². The van der Waals surface area contributed by atoms with E-state index in [4.69, 9.17) is 5.73 Å². The molecule has 1 radical (unpaired) electrons. The number of hydrogen-bond acceptors (Lipinski definition) is 2. The van der Waals surface area contributed by atoms with Crippen molar-refractivity contribution in [2.45, 2.75) is 6.04 Å². The third-order valence-electron chi connectivity index (χ3n) is 0.803. The summed E-state index contributed by atoms with van der Waals surface area (Å²) < 4.78 is 0. The normalized spacial score (nSPS) is 11.8. The summed E-state index contributed by atoms with van der Waals surface area (Å²) in [5.74, 6) is 0. The monoisotopic (exact) mass is 201 g/mol. The summed E-state index contributed by atoms with van der Waals surface area (Å²) in [5.41, 5.74) is 5.40. The molecule has 0 amide bonds. The summed E-state index contributed by atoms with van der Waals surface area (Å²) in [6.07, 6.45) is 2.64. The van der Waals surface area contributed by atoms with Crippen LogP contribution in [-0.4, -0.2) is 19.1 Å². The van der Waals surface area contributed by atoms with Crippen LogP contribution in [0.25, 0.3) is 0 Å². The molecule has 0 aromatic carbocycles. The largest absolute Gasteiger partial charge is 0.485 e. The van der Waals surface area contributed by atoms with Crippen LogP contribution in [-0.2, 0) is 32.7 Å². The van der Waals surface area contributed by atoms with Crippen LogP contribution in [0.5, 0.6) is 0 Å². The summed E-state index contributed by atoms with van der Waals surface area (Å²) in [5, 5.41) is 2.96. The maximum Gasteiger partial charge on any atom is 0 e. The van der Waals surface area contributed by atoms with Gasteiger partial charge in [0.25, 0.3) is 0 Å². The van der Waals surface area contributed by atoms with Crippen molar-refractivity contribution >= 4 is 0 Å². The van der Waals surface area contributed by atoms with Gasteiger partial charge in [0, 0.05) is 32.7 Å². The fourth-order valence-electron chi connectivity index (χ4n) is 0.330. The molecule has 0 aliphatic rings. The summed E-state index contributed by atoms with van der Waals surface area (Å²) >= 11 is 0. The van der Waals surface area contributed by atoms with Crippen LogP contribution in [0.1, 0.15) is 0 Å². The molecular weight excluding hydrogens is 189 g/mol. The first-order chi connectivity index (χ1) is 3.81. The molecular formula is C6H12N2Y-2. The number of nitrogens with two attached hydrogens (primary N) is 1. The van der Waals surface area contributed by atoms with Crippen LogP contribution < -0.4 is 11.1 Å². The Hall–Kier alpha value is 0.764. The fourth-order valence-corrected chi connectivity index (χ4v) is 0.330. The molecule has 0 spiro atoms. The molecule has 0 saturated heterocycles. The SMILES string of the molecule is C=[C-][C@@H](N)CNC[CH2-].[Y]. The smallest absolute Gasteiger partial charge is 0 e. The van der Waals surface area contributed by atoms with Crippen LogP contribution in [0.2, 0.25) is 0 Å². The summed E-state index contributed by atoms with van der Waals surface area (Å²) in [6, 6.07) is -0.0586. The average molecular weight is 201 g/mol. The van der Waals surface area contributed by atoms with Crippen LogP contribution in [0.15, 0.2) is 6.58 Å². The minimum atomic E-state index is -0.0586. The molecule has 0 aromatic heterocycles. The second-order valence-corrected chi connectivity index (χ2v) is 1.51. The van der Waals surface area contributed by atoms with E-state index in [0.717, 1.165) is 0 Å². The Morgan fingerprint density at radius 3 is 2.67 bits per heavy atom. The molecule has 9 heavy (non-hydrogen) atoms. The quantitative estimate of drug-likeness (QED) is 0.614. The van der Waals surface area contributed by atoms with Gasteiger partial charge in [-0.25, -0.2) is 0 Å². The van der Waals surface area contributed by atoms with Crippen LogP contribution >= 0.6 is 0 Å². The van der Waals surface area contributed by atoms with E-state index in [9.17, 15) is 0 Å². The molecule has 0 fully saturated rings. The maximum absolute atomic E-state index is 5.40. The molecule has 2 nitrogen and oxygen atoms in total. The Morgan fingerprint density at radius 1 is 1.78 bits per heavy atom. The third kappa shape index (κ3) is 8.76. The molecule has 0 bridgehead atoms. The van der Waals surface area contributed by atoms with Gasteiger partial charge in [-0.1, -0.05) is 0 Å². The minimum absolute atomic E-state index is 0. The van der Waals surface area contributed by atoms with Crippen molar-refractivity contribution in [3.63, 3.8) is 0 Å². The van der Waals surface area contributed by atoms with E-state index in [1.54, 1.807) is 0 Å². The first-order valence-electron chi connectivity index (χ1n) is 2.59. The van der Waals surface area contributed by atoms with Crippen molar-refractivity contribution in [2.24, 2.45) is 5.73 Å². The van der Waals surface area contributed by atoms with Gasteiger partial charge in [0.2, 0.25) is 0 Å². The van der Waals surface area contributed by atoms with Gasteiger partial charge in [-0.05, 0) is 6.54 Å². The van der Waals surface area contributed by atoms with Gasteiger partial charge in [0.15, 0.2) is 0 Å². The van der Waals surface area contributed by atoms with Gasteiger partial charge < -0.3 is 24.1 Å². The summed E-state index contributed by atoms with van der Waals surface area (Å²) in [4.78, 5) is 0. The zero-order chi connectivity index (χ0) is 6.41. The topological polar surface area (TPSA) is 38.0 Å². The predicted octanol–water partition coefficient (Wildman–Crippen LogP) is -0.276. The summed E-state index contributed by atoms with van der Waals surface area (Å²) in [7, 11) is 0. The Bertz CT molecular complexity index is 66.1. The molecule has 0 saturated carbocycles. The van der Waals surface area contributed by atoms with E-state index in [1.165, 1.54) is 0 Å². The molecule has 0 aliphatic carbocycles. The molecule has 0 aromatic rings. The van der Waals surface area contributed by atoms with E-state index in [0.29, 0.717) is 13.1 Å². The Balaban J connectivity index is 0. The third-order valence-corrected chi connectivity index (χ3v) is 0.803. The summed E-state index contributed by atoms with van der Waals surface area (Å²) in [6.45, 7) is 8.40. The van der Waals surface area contributed by atoms with Crippen LogP contribution in [0.3, 0.4) is 0 Å². The Morgan fingerprint density at radius 2 is 2.33 bits per heavy atom. The first-order valence-corrected chi connectivity index (χ1v) is 2.59. The minimum Gasteiger partial charge on any atom is -0.485 e. The van der Waals surface area contributed by atoms with Crippen molar-refractivity contribution < 1.29 is 32.7 Å². The number of hydrogen-bond donors (Lipinski definition) is 2. The van der Waals surface area contributed by atoms with Crippen LogP contribution in [0, 0.1) is 13.0 Å². The average Bonchev–Trinajstić information content (AvgIpc) is 1.83. The number of nitrogens with one attached hydrogen (secondary N) is 1. The van der Waals surface area contributed by atoms with Crippen LogP contribution in [0.4, 0.5) is 0 Å². The first kappa shape index (κ1) is 12.4. The second-order valence-electron chi connectivity index (χ2n) is 1.51. The van der Waals surface area contributed by atoms with Gasteiger partial charge in [0.1, 0.15) is 0 Å². The van der Waals surface area contributed by atoms with E-state index >= 15 is 0 Å². The fraction of sp³-hybridized carbons (Fsp3) is 0.500. The van der Waals surface area contributed by atoms with Gasteiger partial charge in [0.05, 0.1) is 0 Å². The predicted molar refractivity (Wildman–Crippen MR) is 35.1 cm³/mol. The zero-order valence-electron chi connectivity index (χ0n) is 5.56. The van der Waals surface area contributed by atoms with E-state index in [1.807, 2.05) is 0 Å². The molecule has 1 atom stereocenters. The second kappa shape index (κ2) is 8.76. The van der Waals surface area contributed by atoms with Crippen molar-refractivity contribution in [2.75, 3.05) is 13.1 Å². The van der Waals surface area contributed by atoms with Crippen molar-refractivity contribution in [1.29, 1.82) is 0 Å². The molecule has 0 aliphatic heterocycles. The van der Waals surface area contributed by atoms with E-state index < -0.39 is 0 Å². The van der Waals surface area contributed by atoms with Crippen molar-refractivity contribution in [3.05, 3.63) is 19.6 Å². The Labute approximate surface area is 82.1 Å².